The van der Waals surface area contributed by atoms with Crippen molar-refractivity contribution in [2.75, 3.05) is 37.7 Å². The third-order valence-electron chi connectivity index (χ3n) is 4.02. The van der Waals surface area contributed by atoms with Gasteiger partial charge in [-0.15, -0.1) is 0 Å². The van der Waals surface area contributed by atoms with E-state index in [0.29, 0.717) is 12.5 Å². The molecule has 0 saturated carbocycles. The lowest BCUT2D eigenvalue weighted by molar-refractivity contribution is 0.190. The van der Waals surface area contributed by atoms with Crippen molar-refractivity contribution in [1.82, 2.24) is 4.90 Å². The lowest BCUT2D eigenvalue weighted by atomic mass is 9.92. The Morgan fingerprint density at radius 1 is 1.06 bits per heavy atom. The molecule has 17 heavy (non-hydrogen) atoms. The minimum atomic E-state index is 0.368. The Morgan fingerprint density at radius 3 is 2.18 bits per heavy atom. The van der Waals surface area contributed by atoms with E-state index < -0.39 is 0 Å². The molecule has 2 nitrogen and oxygen atoms in total. The number of thioether (sulfide) groups is 1. The van der Waals surface area contributed by atoms with E-state index >= 15 is 0 Å². The van der Waals surface area contributed by atoms with E-state index in [2.05, 4.69) is 30.5 Å². The van der Waals surface area contributed by atoms with Crippen molar-refractivity contribution >= 4 is 11.8 Å². The van der Waals surface area contributed by atoms with E-state index in [0.717, 1.165) is 12.3 Å². The van der Waals surface area contributed by atoms with E-state index in [1.807, 2.05) is 0 Å². The predicted octanol–water partition coefficient (Wildman–Crippen LogP) is 2.86. The molecule has 0 aromatic carbocycles. The summed E-state index contributed by atoms with van der Waals surface area (Å²) in [5, 5.41) is 9.22. The number of aliphatic hydroxyl groups is 1. The molecule has 1 saturated heterocycles. The zero-order valence-corrected chi connectivity index (χ0v) is 12.3. The number of nitrogens with zero attached hydrogens (tertiary/aromatic N) is 1. The molecule has 2 atom stereocenters. The van der Waals surface area contributed by atoms with Crippen LogP contribution in [0.25, 0.3) is 0 Å². The fraction of sp³-hybridized carbons (Fsp3) is 1.00. The Labute approximate surface area is 111 Å². The minimum absolute atomic E-state index is 0.368. The van der Waals surface area contributed by atoms with Gasteiger partial charge in [0.2, 0.25) is 0 Å². The zero-order chi connectivity index (χ0) is 12.5. The molecule has 0 aromatic heterocycles. The van der Waals surface area contributed by atoms with Crippen LogP contribution in [-0.2, 0) is 0 Å². The molecule has 0 aliphatic carbocycles. The van der Waals surface area contributed by atoms with E-state index in [-0.39, 0.29) is 0 Å². The molecule has 0 bridgehead atoms. The molecule has 3 heteroatoms. The van der Waals surface area contributed by atoms with Crippen LogP contribution in [0.15, 0.2) is 0 Å². The van der Waals surface area contributed by atoms with Gasteiger partial charge in [-0.3, -0.25) is 0 Å². The first-order chi connectivity index (χ1) is 8.30. The van der Waals surface area contributed by atoms with Gasteiger partial charge in [-0.25, -0.2) is 0 Å². The second-order valence-corrected chi connectivity index (χ2v) is 6.45. The first-order valence-corrected chi connectivity index (χ1v) is 8.36. The number of hydrogen-bond donors (Lipinski definition) is 1. The van der Waals surface area contributed by atoms with Crippen molar-refractivity contribution in [1.29, 1.82) is 0 Å². The van der Waals surface area contributed by atoms with Crippen molar-refractivity contribution in [3.8, 4) is 0 Å². The molecule has 0 aromatic rings. The third-order valence-corrected chi connectivity index (χ3v) is 4.96. The van der Waals surface area contributed by atoms with Gasteiger partial charge in [0.25, 0.3) is 0 Å². The largest absolute Gasteiger partial charge is 0.396 e. The summed E-state index contributed by atoms with van der Waals surface area (Å²) in [5.41, 5.74) is 0. The standard InChI is InChI=1S/C14H29NOS/c1-3-13(5-6-14(4-2)12-16)11-15-7-9-17-10-8-15/h13-14,16H,3-12H2,1-2H3. The summed E-state index contributed by atoms with van der Waals surface area (Å²) in [6.07, 6.45) is 4.89. The van der Waals surface area contributed by atoms with Gasteiger partial charge in [-0.2, -0.15) is 11.8 Å². The monoisotopic (exact) mass is 259 g/mol. The Bertz CT molecular complexity index is 179. The van der Waals surface area contributed by atoms with Gasteiger partial charge >= 0.3 is 0 Å². The summed E-state index contributed by atoms with van der Waals surface area (Å²) >= 11 is 2.08. The van der Waals surface area contributed by atoms with E-state index in [1.165, 1.54) is 50.4 Å². The van der Waals surface area contributed by atoms with Gasteiger partial charge in [0.1, 0.15) is 0 Å². The second-order valence-electron chi connectivity index (χ2n) is 5.22. The van der Waals surface area contributed by atoms with Crippen LogP contribution in [0.4, 0.5) is 0 Å². The normalized spacial score (nSPS) is 21.4. The molecule has 0 radical (unpaired) electrons. The summed E-state index contributed by atoms with van der Waals surface area (Å²) in [5.74, 6) is 3.98. The molecule has 1 N–H and O–H groups in total. The summed E-state index contributed by atoms with van der Waals surface area (Å²) in [6.45, 7) is 8.69. The molecular formula is C14H29NOS. The van der Waals surface area contributed by atoms with Crippen LogP contribution >= 0.6 is 11.8 Å². The van der Waals surface area contributed by atoms with Crippen molar-refractivity contribution in [2.45, 2.75) is 39.5 Å². The lowest BCUT2D eigenvalue weighted by Crippen LogP contribution is -2.36. The fourth-order valence-corrected chi connectivity index (χ4v) is 3.45. The zero-order valence-electron chi connectivity index (χ0n) is 11.5. The summed E-state index contributed by atoms with van der Waals surface area (Å²) in [7, 11) is 0. The first-order valence-electron chi connectivity index (χ1n) is 7.21. The molecule has 1 aliphatic rings. The van der Waals surface area contributed by atoms with Gasteiger partial charge in [0.15, 0.2) is 0 Å². The van der Waals surface area contributed by atoms with Gasteiger partial charge in [0, 0.05) is 37.7 Å². The average molecular weight is 259 g/mol. The van der Waals surface area contributed by atoms with Crippen molar-refractivity contribution in [2.24, 2.45) is 11.8 Å². The van der Waals surface area contributed by atoms with Crippen molar-refractivity contribution in [3.05, 3.63) is 0 Å². The summed E-state index contributed by atoms with van der Waals surface area (Å²) < 4.78 is 0. The molecule has 1 rings (SSSR count). The molecule has 0 spiro atoms. The van der Waals surface area contributed by atoms with Gasteiger partial charge in [-0.1, -0.05) is 26.7 Å². The Kier molecular flexibility index (Phi) is 8.33. The SMILES string of the molecule is CCC(CO)CCC(CC)CN1CCSCC1. The van der Waals surface area contributed by atoms with Gasteiger partial charge in [0.05, 0.1) is 0 Å². The summed E-state index contributed by atoms with van der Waals surface area (Å²) in [6, 6.07) is 0. The molecule has 1 heterocycles. The smallest absolute Gasteiger partial charge is 0.0459 e. The second kappa shape index (κ2) is 9.23. The van der Waals surface area contributed by atoms with Crippen molar-refractivity contribution < 1.29 is 5.11 Å². The van der Waals surface area contributed by atoms with Gasteiger partial charge in [-0.05, 0) is 24.7 Å². The van der Waals surface area contributed by atoms with Crippen LogP contribution in [0.3, 0.4) is 0 Å². The minimum Gasteiger partial charge on any atom is -0.396 e. The average Bonchev–Trinajstić information content (AvgIpc) is 2.39. The highest BCUT2D eigenvalue weighted by Crippen LogP contribution is 2.20. The quantitative estimate of drug-likeness (QED) is 0.725. The van der Waals surface area contributed by atoms with Crippen LogP contribution in [0, 0.1) is 11.8 Å². The van der Waals surface area contributed by atoms with Crippen molar-refractivity contribution in [3.63, 3.8) is 0 Å². The van der Waals surface area contributed by atoms with Crippen LogP contribution in [0.5, 0.6) is 0 Å². The van der Waals surface area contributed by atoms with Crippen LogP contribution in [0.1, 0.15) is 39.5 Å². The van der Waals surface area contributed by atoms with E-state index in [4.69, 9.17) is 0 Å². The fourth-order valence-electron chi connectivity index (χ4n) is 2.47. The maximum atomic E-state index is 9.22. The lowest BCUT2D eigenvalue weighted by Gasteiger charge is -2.30. The molecule has 2 unspecified atom stereocenters. The predicted molar refractivity (Wildman–Crippen MR) is 77.6 cm³/mol. The maximum absolute atomic E-state index is 9.22. The Morgan fingerprint density at radius 2 is 1.65 bits per heavy atom. The highest BCUT2D eigenvalue weighted by molar-refractivity contribution is 7.99. The summed E-state index contributed by atoms with van der Waals surface area (Å²) in [4.78, 5) is 2.63. The molecule has 102 valence electrons. The third kappa shape index (κ3) is 6.12. The van der Waals surface area contributed by atoms with Crippen LogP contribution in [0.2, 0.25) is 0 Å². The van der Waals surface area contributed by atoms with Crippen LogP contribution < -0.4 is 0 Å². The van der Waals surface area contributed by atoms with Crippen LogP contribution in [-0.4, -0.2) is 47.8 Å². The highest BCUT2D eigenvalue weighted by atomic mass is 32.2. The van der Waals surface area contributed by atoms with Gasteiger partial charge < -0.3 is 10.0 Å². The molecular weight excluding hydrogens is 230 g/mol. The highest BCUT2D eigenvalue weighted by Gasteiger charge is 2.16. The topological polar surface area (TPSA) is 23.5 Å². The number of aliphatic hydroxyl groups excluding tert-OH is 1. The number of rotatable bonds is 8. The Balaban J connectivity index is 2.22. The van der Waals surface area contributed by atoms with E-state index in [1.54, 1.807) is 0 Å². The Hall–Kier alpha value is 0.270. The molecule has 1 aliphatic heterocycles. The van der Waals surface area contributed by atoms with E-state index in [9.17, 15) is 5.11 Å². The molecule has 0 amide bonds. The first kappa shape index (κ1) is 15.3. The molecule has 1 fully saturated rings. The maximum Gasteiger partial charge on any atom is 0.0459 e. The number of hydrogen-bond acceptors (Lipinski definition) is 3.